The van der Waals surface area contributed by atoms with Gasteiger partial charge in [-0.3, -0.25) is 14.5 Å². The fourth-order valence-electron chi connectivity index (χ4n) is 1.66. The van der Waals surface area contributed by atoms with Gasteiger partial charge in [-0.1, -0.05) is 20.3 Å². The molecule has 0 aromatic heterocycles. The van der Waals surface area contributed by atoms with E-state index in [4.69, 9.17) is 5.26 Å². The lowest BCUT2D eigenvalue weighted by atomic mass is 10.1. The SMILES string of the molecule is CCCC(C#N)N1C(=O)CC(C)C1=O. The number of nitriles is 1. The standard InChI is InChI=1S/C10H14N2O2/c1-3-4-8(6-11)12-9(13)5-7(2)10(12)14/h7-8H,3-5H2,1-2H3. The van der Waals surface area contributed by atoms with Crippen molar-refractivity contribution in [2.24, 2.45) is 5.92 Å². The molecule has 0 aliphatic carbocycles. The van der Waals surface area contributed by atoms with Gasteiger partial charge in [-0.05, 0) is 6.42 Å². The number of carbonyl (C=O) groups excluding carboxylic acids is 2. The van der Waals surface area contributed by atoms with Crippen molar-refractivity contribution in [2.45, 2.75) is 39.2 Å². The van der Waals surface area contributed by atoms with E-state index in [1.807, 2.05) is 13.0 Å². The lowest BCUT2D eigenvalue weighted by Gasteiger charge is -2.19. The number of carbonyl (C=O) groups is 2. The Morgan fingerprint density at radius 2 is 2.29 bits per heavy atom. The number of hydrogen-bond donors (Lipinski definition) is 0. The van der Waals surface area contributed by atoms with E-state index < -0.39 is 6.04 Å². The highest BCUT2D eigenvalue weighted by Crippen LogP contribution is 2.22. The highest BCUT2D eigenvalue weighted by Gasteiger charge is 2.39. The molecule has 14 heavy (non-hydrogen) atoms. The minimum absolute atomic E-state index is 0.199. The lowest BCUT2D eigenvalue weighted by molar-refractivity contribution is -0.140. The van der Waals surface area contributed by atoms with Crippen LogP contribution in [0.5, 0.6) is 0 Å². The number of imide groups is 1. The van der Waals surface area contributed by atoms with E-state index in [0.29, 0.717) is 6.42 Å². The van der Waals surface area contributed by atoms with Gasteiger partial charge >= 0.3 is 0 Å². The molecule has 0 bridgehead atoms. The maximum atomic E-state index is 11.5. The predicted molar refractivity (Wildman–Crippen MR) is 49.9 cm³/mol. The van der Waals surface area contributed by atoms with Crippen molar-refractivity contribution in [3.05, 3.63) is 0 Å². The number of hydrogen-bond acceptors (Lipinski definition) is 3. The van der Waals surface area contributed by atoms with Gasteiger partial charge in [0.25, 0.3) is 0 Å². The normalized spacial score (nSPS) is 23.8. The summed E-state index contributed by atoms with van der Waals surface area (Å²) in [4.78, 5) is 24.1. The van der Waals surface area contributed by atoms with Crippen LogP contribution in [0.25, 0.3) is 0 Å². The summed E-state index contributed by atoms with van der Waals surface area (Å²) in [6.45, 7) is 3.65. The second-order valence-corrected chi connectivity index (χ2v) is 3.64. The van der Waals surface area contributed by atoms with Crippen molar-refractivity contribution in [3.8, 4) is 6.07 Å². The number of rotatable bonds is 3. The second-order valence-electron chi connectivity index (χ2n) is 3.64. The van der Waals surface area contributed by atoms with Crippen molar-refractivity contribution >= 4 is 11.8 Å². The molecule has 2 atom stereocenters. The average Bonchev–Trinajstić information content (AvgIpc) is 2.39. The number of likely N-dealkylation sites (tertiary alicyclic amines) is 1. The van der Waals surface area contributed by atoms with E-state index >= 15 is 0 Å². The average molecular weight is 194 g/mol. The molecule has 4 nitrogen and oxygen atoms in total. The molecular formula is C10H14N2O2. The zero-order valence-corrected chi connectivity index (χ0v) is 8.49. The third-order valence-corrected chi connectivity index (χ3v) is 2.43. The third-order valence-electron chi connectivity index (χ3n) is 2.43. The van der Waals surface area contributed by atoms with Gasteiger partial charge in [0.2, 0.25) is 11.8 Å². The van der Waals surface area contributed by atoms with Gasteiger partial charge in [-0.15, -0.1) is 0 Å². The molecule has 1 fully saturated rings. The monoisotopic (exact) mass is 194 g/mol. The highest BCUT2D eigenvalue weighted by molar-refractivity contribution is 6.03. The molecule has 2 unspecified atom stereocenters. The molecular weight excluding hydrogens is 180 g/mol. The summed E-state index contributed by atoms with van der Waals surface area (Å²) in [6, 6.07) is 1.45. The Kier molecular flexibility index (Phi) is 3.23. The van der Waals surface area contributed by atoms with Crippen molar-refractivity contribution in [1.82, 2.24) is 4.90 Å². The molecule has 0 aromatic rings. The van der Waals surface area contributed by atoms with Gasteiger partial charge in [0.1, 0.15) is 6.04 Å². The fourth-order valence-corrected chi connectivity index (χ4v) is 1.66. The zero-order chi connectivity index (χ0) is 10.7. The van der Waals surface area contributed by atoms with Crippen LogP contribution in [0, 0.1) is 17.2 Å². The summed E-state index contributed by atoms with van der Waals surface area (Å²) in [7, 11) is 0. The Morgan fingerprint density at radius 1 is 1.64 bits per heavy atom. The topological polar surface area (TPSA) is 61.2 Å². The summed E-state index contributed by atoms with van der Waals surface area (Å²) in [5.41, 5.74) is 0. The highest BCUT2D eigenvalue weighted by atomic mass is 16.2. The van der Waals surface area contributed by atoms with Crippen LogP contribution in [-0.2, 0) is 9.59 Å². The van der Waals surface area contributed by atoms with Crippen molar-refractivity contribution in [1.29, 1.82) is 5.26 Å². The predicted octanol–water partition coefficient (Wildman–Crippen LogP) is 1.07. The van der Waals surface area contributed by atoms with E-state index in [0.717, 1.165) is 11.3 Å². The van der Waals surface area contributed by atoms with Crippen molar-refractivity contribution in [3.63, 3.8) is 0 Å². The molecule has 4 heteroatoms. The van der Waals surface area contributed by atoms with Crippen LogP contribution in [0.3, 0.4) is 0 Å². The summed E-state index contributed by atoms with van der Waals surface area (Å²) in [5.74, 6) is -0.660. The maximum Gasteiger partial charge on any atom is 0.233 e. The molecule has 1 rings (SSSR count). The number of nitrogens with zero attached hydrogens (tertiary/aromatic N) is 2. The molecule has 1 saturated heterocycles. The van der Waals surface area contributed by atoms with Crippen LogP contribution in [-0.4, -0.2) is 22.8 Å². The van der Waals surface area contributed by atoms with Crippen molar-refractivity contribution < 1.29 is 9.59 Å². The van der Waals surface area contributed by atoms with E-state index in [9.17, 15) is 9.59 Å². The molecule has 0 N–H and O–H groups in total. The molecule has 0 radical (unpaired) electrons. The van der Waals surface area contributed by atoms with E-state index in [1.165, 1.54) is 0 Å². The quantitative estimate of drug-likeness (QED) is 0.631. The summed E-state index contributed by atoms with van der Waals surface area (Å²) >= 11 is 0. The first-order chi connectivity index (χ1) is 6.61. The molecule has 0 saturated carbocycles. The maximum absolute atomic E-state index is 11.5. The van der Waals surface area contributed by atoms with Gasteiger partial charge in [-0.2, -0.15) is 5.26 Å². The molecule has 76 valence electrons. The van der Waals surface area contributed by atoms with Gasteiger partial charge in [-0.25, -0.2) is 0 Å². The van der Waals surface area contributed by atoms with Crippen LogP contribution in [0.15, 0.2) is 0 Å². The van der Waals surface area contributed by atoms with Crippen LogP contribution in [0.2, 0.25) is 0 Å². The van der Waals surface area contributed by atoms with Crippen LogP contribution >= 0.6 is 0 Å². The molecule has 1 aliphatic rings. The largest absolute Gasteiger partial charge is 0.274 e. The van der Waals surface area contributed by atoms with Gasteiger partial charge in [0.05, 0.1) is 6.07 Å². The van der Waals surface area contributed by atoms with Gasteiger partial charge < -0.3 is 0 Å². The van der Waals surface area contributed by atoms with Crippen molar-refractivity contribution in [2.75, 3.05) is 0 Å². The fraction of sp³-hybridized carbons (Fsp3) is 0.700. The van der Waals surface area contributed by atoms with E-state index in [1.54, 1.807) is 6.92 Å². The third kappa shape index (κ3) is 1.77. The minimum Gasteiger partial charge on any atom is -0.274 e. The Labute approximate surface area is 83.5 Å². The lowest BCUT2D eigenvalue weighted by Crippen LogP contribution is -2.39. The second kappa shape index (κ2) is 4.23. The Hall–Kier alpha value is -1.37. The molecule has 2 amide bonds. The molecule has 1 aliphatic heterocycles. The molecule has 1 heterocycles. The first-order valence-electron chi connectivity index (χ1n) is 4.87. The Balaban J connectivity index is 2.80. The summed E-state index contributed by atoms with van der Waals surface area (Å²) in [6.07, 6.45) is 1.62. The van der Waals surface area contributed by atoms with Crippen LogP contribution in [0.1, 0.15) is 33.1 Å². The molecule has 0 spiro atoms. The van der Waals surface area contributed by atoms with Crippen LogP contribution in [0.4, 0.5) is 0 Å². The Bertz CT molecular complexity index is 293. The first-order valence-corrected chi connectivity index (χ1v) is 4.87. The van der Waals surface area contributed by atoms with Gasteiger partial charge in [0.15, 0.2) is 0 Å². The minimum atomic E-state index is -0.565. The zero-order valence-electron chi connectivity index (χ0n) is 8.49. The summed E-state index contributed by atoms with van der Waals surface area (Å²) < 4.78 is 0. The number of amides is 2. The van der Waals surface area contributed by atoms with Gasteiger partial charge in [0, 0.05) is 12.3 Å². The Morgan fingerprint density at radius 3 is 2.64 bits per heavy atom. The molecule has 0 aromatic carbocycles. The first kappa shape index (κ1) is 10.7. The summed E-state index contributed by atoms with van der Waals surface area (Å²) in [5, 5.41) is 8.84. The smallest absolute Gasteiger partial charge is 0.233 e. The van der Waals surface area contributed by atoms with E-state index in [2.05, 4.69) is 0 Å². The van der Waals surface area contributed by atoms with Crippen LogP contribution < -0.4 is 0 Å². The van der Waals surface area contributed by atoms with E-state index in [-0.39, 0.29) is 24.2 Å².